The molecule has 3 amide bonds. The fourth-order valence-corrected chi connectivity index (χ4v) is 3.00. The Morgan fingerprint density at radius 1 is 1.11 bits per heavy atom. The van der Waals surface area contributed by atoms with Gasteiger partial charge >= 0.3 is 6.03 Å². The van der Waals surface area contributed by atoms with E-state index in [2.05, 4.69) is 22.9 Å². The zero-order valence-electron chi connectivity index (χ0n) is 15.5. The number of anilines is 2. The summed E-state index contributed by atoms with van der Waals surface area (Å²) in [7, 11) is 0. The predicted molar refractivity (Wildman–Crippen MR) is 111 cm³/mol. The molecule has 3 N–H and O–H groups in total. The van der Waals surface area contributed by atoms with Crippen molar-refractivity contribution in [2.24, 2.45) is 0 Å². The summed E-state index contributed by atoms with van der Waals surface area (Å²) >= 11 is 0. The van der Waals surface area contributed by atoms with E-state index >= 15 is 0 Å². The first-order valence-electron chi connectivity index (χ1n) is 8.79. The fraction of sp³-hybridized carbons (Fsp3) is 0.300. The van der Waals surface area contributed by atoms with Crippen LogP contribution >= 0.6 is 12.4 Å². The Labute approximate surface area is 165 Å². The van der Waals surface area contributed by atoms with Crippen LogP contribution < -0.4 is 16.0 Å². The molecule has 1 aliphatic rings. The second-order valence-electron chi connectivity index (χ2n) is 6.58. The molecule has 1 unspecified atom stereocenters. The number of benzene rings is 2. The summed E-state index contributed by atoms with van der Waals surface area (Å²) in [6, 6.07) is 14.6. The number of amides is 3. The Kier molecular flexibility index (Phi) is 7.21. The van der Waals surface area contributed by atoms with E-state index in [4.69, 9.17) is 0 Å². The van der Waals surface area contributed by atoms with Crippen molar-refractivity contribution in [1.82, 2.24) is 10.2 Å². The summed E-state index contributed by atoms with van der Waals surface area (Å²) < 4.78 is 0. The molecule has 0 spiro atoms. The average Bonchev–Trinajstić information content (AvgIpc) is 2.64. The van der Waals surface area contributed by atoms with Crippen LogP contribution in [0.2, 0.25) is 0 Å². The molecule has 1 heterocycles. The van der Waals surface area contributed by atoms with E-state index < -0.39 is 0 Å². The number of halogens is 1. The molecule has 3 rings (SSSR count). The molecule has 0 saturated carbocycles. The number of hydrogen-bond donors (Lipinski definition) is 3. The van der Waals surface area contributed by atoms with Gasteiger partial charge in [-0.05, 0) is 43.7 Å². The zero-order chi connectivity index (χ0) is 18.5. The lowest BCUT2D eigenvalue weighted by Crippen LogP contribution is -2.51. The number of para-hydroxylation sites is 1. The van der Waals surface area contributed by atoms with Crippen LogP contribution in [0, 0.1) is 6.92 Å². The van der Waals surface area contributed by atoms with Gasteiger partial charge in [-0.1, -0.05) is 24.3 Å². The van der Waals surface area contributed by atoms with Crippen molar-refractivity contribution < 1.29 is 9.59 Å². The Bertz CT molecular complexity index is 798. The highest BCUT2D eigenvalue weighted by Gasteiger charge is 2.22. The quantitative estimate of drug-likeness (QED) is 0.753. The Morgan fingerprint density at radius 2 is 1.85 bits per heavy atom. The molecule has 27 heavy (non-hydrogen) atoms. The largest absolute Gasteiger partial charge is 0.336 e. The average molecular weight is 389 g/mol. The van der Waals surface area contributed by atoms with Crippen LogP contribution in [-0.4, -0.2) is 42.5 Å². The highest BCUT2D eigenvalue weighted by atomic mass is 35.5. The molecular formula is C20H25ClN4O2. The number of rotatable bonds is 3. The van der Waals surface area contributed by atoms with E-state index in [-0.39, 0.29) is 30.4 Å². The Balaban J connectivity index is 0.00000261. The number of nitrogens with zero attached hydrogens (tertiary/aromatic N) is 1. The van der Waals surface area contributed by atoms with Gasteiger partial charge in [0, 0.05) is 42.6 Å². The van der Waals surface area contributed by atoms with E-state index in [0.29, 0.717) is 30.0 Å². The maximum Gasteiger partial charge on any atom is 0.323 e. The normalized spacial score (nSPS) is 16.2. The third-order valence-electron chi connectivity index (χ3n) is 4.42. The van der Waals surface area contributed by atoms with Crippen LogP contribution in [0.5, 0.6) is 0 Å². The highest BCUT2D eigenvalue weighted by molar-refractivity contribution is 6.02. The van der Waals surface area contributed by atoms with Gasteiger partial charge in [-0.3, -0.25) is 4.79 Å². The molecule has 0 bridgehead atoms. The van der Waals surface area contributed by atoms with Crippen molar-refractivity contribution in [3.63, 3.8) is 0 Å². The second-order valence-corrected chi connectivity index (χ2v) is 6.58. The molecule has 2 aromatic rings. The molecule has 144 valence electrons. The third kappa shape index (κ3) is 5.45. The predicted octanol–water partition coefficient (Wildman–Crippen LogP) is 3.49. The third-order valence-corrected chi connectivity index (χ3v) is 4.42. The maximum atomic E-state index is 12.8. The van der Waals surface area contributed by atoms with Gasteiger partial charge in [-0.2, -0.15) is 0 Å². The first kappa shape index (κ1) is 20.7. The number of piperazine rings is 1. The van der Waals surface area contributed by atoms with E-state index in [1.165, 1.54) is 0 Å². The van der Waals surface area contributed by atoms with Crippen LogP contribution in [0.4, 0.5) is 16.2 Å². The molecule has 6 nitrogen and oxygen atoms in total. The van der Waals surface area contributed by atoms with Crippen LogP contribution in [0.25, 0.3) is 0 Å². The van der Waals surface area contributed by atoms with Gasteiger partial charge < -0.3 is 20.9 Å². The van der Waals surface area contributed by atoms with Crippen LogP contribution in [0.15, 0.2) is 48.5 Å². The fourth-order valence-electron chi connectivity index (χ4n) is 3.00. The van der Waals surface area contributed by atoms with Gasteiger partial charge in [-0.25, -0.2) is 4.79 Å². The summed E-state index contributed by atoms with van der Waals surface area (Å²) in [6.07, 6.45) is 0. The first-order chi connectivity index (χ1) is 12.5. The van der Waals surface area contributed by atoms with Crippen molar-refractivity contribution in [2.75, 3.05) is 30.3 Å². The Hall–Kier alpha value is -2.57. The number of nitrogens with one attached hydrogen (secondary N) is 3. The van der Waals surface area contributed by atoms with Crippen LogP contribution in [0.1, 0.15) is 22.8 Å². The summed E-state index contributed by atoms with van der Waals surface area (Å²) in [5, 5.41) is 8.94. The van der Waals surface area contributed by atoms with Gasteiger partial charge in [0.25, 0.3) is 5.91 Å². The van der Waals surface area contributed by atoms with E-state index in [1.54, 1.807) is 6.07 Å². The topological polar surface area (TPSA) is 73.5 Å². The van der Waals surface area contributed by atoms with Crippen molar-refractivity contribution >= 4 is 35.7 Å². The number of carbonyl (C=O) groups excluding carboxylic acids is 2. The van der Waals surface area contributed by atoms with Gasteiger partial charge in [-0.15, -0.1) is 12.4 Å². The highest BCUT2D eigenvalue weighted by Crippen LogP contribution is 2.19. The van der Waals surface area contributed by atoms with E-state index in [0.717, 1.165) is 12.1 Å². The second kappa shape index (κ2) is 9.39. The van der Waals surface area contributed by atoms with Crippen molar-refractivity contribution in [2.45, 2.75) is 19.9 Å². The monoisotopic (exact) mass is 388 g/mol. The number of aryl methyl sites for hydroxylation is 1. The number of hydrogen-bond acceptors (Lipinski definition) is 3. The molecule has 0 radical (unpaired) electrons. The van der Waals surface area contributed by atoms with Crippen LogP contribution in [-0.2, 0) is 0 Å². The lowest BCUT2D eigenvalue weighted by Gasteiger charge is -2.32. The van der Waals surface area contributed by atoms with Crippen molar-refractivity contribution in [1.29, 1.82) is 0 Å². The summed E-state index contributed by atoms with van der Waals surface area (Å²) in [5.74, 6) is -0.00938. The van der Waals surface area contributed by atoms with Crippen LogP contribution in [0.3, 0.4) is 0 Å². The smallest absolute Gasteiger partial charge is 0.323 e. The van der Waals surface area contributed by atoms with Gasteiger partial charge in [0.05, 0.1) is 0 Å². The number of urea groups is 1. The lowest BCUT2D eigenvalue weighted by atomic mass is 10.1. The molecule has 1 atom stereocenters. The van der Waals surface area contributed by atoms with E-state index in [1.807, 2.05) is 54.3 Å². The molecule has 1 aliphatic heterocycles. The van der Waals surface area contributed by atoms with Gasteiger partial charge in [0.2, 0.25) is 0 Å². The van der Waals surface area contributed by atoms with Crippen molar-refractivity contribution in [3.8, 4) is 0 Å². The summed E-state index contributed by atoms with van der Waals surface area (Å²) in [6.45, 7) is 6.14. The maximum absolute atomic E-state index is 12.8. The summed E-state index contributed by atoms with van der Waals surface area (Å²) in [4.78, 5) is 26.8. The summed E-state index contributed by atoms with van der Waals surface area (Å²) in [5.41, 5.74) is 2.83. The first-order valence-corrected chi connectivity index (χ1v) is 8.79. The molecule has 2 aromatic carbocycles. The minimum atomic E-state index is -0.334. The Morgan fingerprint density at radius 3 is 2.56 bits per heavy atom. The minimum absolute atomic E-state index is 0. The van der Waals surface area contributed by atoms with E-state index in [9.17, 15) is 9.59 Å². The molecule has 0 aliphatic carbocycles. The van der Waals surface area contributed by atoms with Gasteiger partial charge in [0.15, 0.2) is 0 Å². The molecule has 7 heteroatoms. The molecule has 0 aromatic heterocycles. The molecular weight excluding hydrogens is 364 g/mol. The lowest BCUT2D eigenvalue weighted by molar-refractivity contribution is 0.0709. The SMILES string of the molecule is Cc1ccc(C(=O)N2CCNC(C)C2)cc1NC(=O)Nc1ccccc1.Cl. The zero-order valence-corrected chi connectivity index (χ0v) is 16.3. The molecule has 1 saturated heterocycles. The number of carbonyl (C=O) groups is 2. The molecule has 1 fully saturated rings. The van der Waals surface area contributed by atoms with Crippen molar-refractivity contribution in [3.05, 3.63) is 59.7 Å². The standard InChI is InChI=1S/C20H24N4O2.ClH/c1-14-8-9-16(19(25)24-11-10-21-15(2)13-24)12-18(14)23-20(26)22-17-6-4-3-5-7-17;/h3-9,12,15,21H,10-11,13H2,1-2H3,(H2,22,23,26);1H. The minimum Gasteiger partial charge on any atom is -0.336 e. The van der Waals surface area contributed by atoms with Gasteiger partial charge in [0.1, 0.15) is 0 Å².